The normalized spacial score (nSPS) is 19.9. The van der Waals surface area contributed by atoms with Gasteiger partial charge in [0.05, 0.1) is 12.5 Å². The fourth-order valence-corrected chi connectivity index (χ4v) is 3.27. The van der Waals surface area contributed by atoms with Crippen LogP contribution in [0.15, 0.2) is 30.3 Å². The van der Waals surface area contributed by atoms with Gasteiger partial charge in [0, 0.05) is 19.5 Å². The lowest BCUT2D eigenvalue weighted by Crippen LogP contribution is -2.46. The van der Waals surface area contributed by atoms with Crippen molar-refractivity contribution < 1.29 is 24.0 Å². The average molecular weight is 332 g/mol. The minimum atomic E-state index is -0.733. The first-order valence-electron chi connectivity index (χ1n) is 7.93. The zero-order valence-corrected chi connectivity index (χ0v) is 13.6. The third kappa shape index (κ3) is 2.99. The molecule has 0 radical (unpaired) electrons. The van der Waals surface area contributed by atoms with E-state index in [-0.39, 0.29) is 24.8 Å². The summed E-state index contributed by atoms with van der Waals surface area (Å²) in [5.74, 6) is -0.616. The van der Waals surface area contributed by atoms with Crippen LogP contribution in [0.1, 0.15) is 24.8 Å². The first kappa shape index (κ1) is 16.4. The summed E-state index contributed by atoms with van der Waals surface area (Å²) in [7, 11) is 1.31. The molecule has 7 heteroatoms. The second-order valence-corrected chi connectivity index (χ2v) is 6.16. The Kier molecular flexibility index (Phi) is 4.53. The molecule has 1 spiro atoms. The minimum absolute atomic E-state index is 0.145. The molecule has 1 aromatic rings. The highest BCUT2D eigenvalue weighted by atomic mass is 16.7. The van der Waals surface area contributed by atoms with E-state index < -0.39 is 11.5 Å². The first-order valence-corrected chi connectivity index (χ1v) is 7.93. The van der Waals surface area contributed by atoms with Crippen LogP contribution in [0.4, 0.5) is 4.79 Å². The standard InChI is InChI=1S/C17H20N2O5/c1-23-19-14(20)11-17(15(19)21)7-9-18(10-8-17)16(22)24-12-13-5-3-2-4-6-13/h2-6H,7-12H2,1H3. The van der Waals surface area contributed by atoms with Crippen molar-refractivity contribution in [2.45, 2.75) is 25.9 Å². The number of amides is 3. The van der Waals surface area contributed by atoms with E-state index in [0.717, 1.165) is 10.6 Å². The number of likely N-dealkylation sites (tertiary alicyclic amines) is 1. The van der Waals surface area contributed by atoms with Crippen molar-refractivity contribution in [2.24, 2.45) is 5.41 Å². The van der Waals surface area contributed by atoms with Gasteiger partial charge in [0.1, 0.15) is 6.61 Å². The summed E-state index contributed by atoms with van der Waals surface area (Å²) in [6.45, 7) is 1.00. The molecule has 0 atom stereocenters. The third-order valence-corrected chi connectivity index (χ3v) is 4.72. The largest absolute Gasteiger partial charge is 0.445 e. The number of carbonyl (C=O) groups excluding carboxylic acids is 3. The van der Waals surface area contributed by atoms with Gasteiger partial charge in [0.15, 0.2) is 0 Å². The molecule has 7 nitrogen and oxygen atoms in total. The highest BCUT2D eigenvalue weighted by Gasteiger charge is 2.53. The van der Waals surface area contributed by atoms with E-state index in [1.54, 1.807) is 4.90 Å². The molecule has 2 aliphatic rings. The number of benzene rings is 1. The van der Waals surface area contributed by atoms with Gasteiger partial charge in [-0.2, -0.15) is 5.06 Å². The van der Waals surface area contributed by atoms with Crippen LogP contribution < -0.4 is 0 Å². The molecule has 0 saturated carbocycles. The van der Waals surface area contributed by atoms with E-state index in [1.165, 1.54) is 7.11 Å². The molecule has 2 aliphatic heterocycles. The Morgan fingerprint density at radius 2 is 1.83 bits per heavy atom. The van der Waals surface area contributed by atoms with Crippen LogP contribution in [0.5, 0.6) is 0 Å². The van der Waals surface area contributed by atoms with Crippen molar-refractivity contribution in [1.82, 2.24) is 9.96 Å². The Morgan fingerprint density at radius 3 is 2.42 bits per heavy atom. The number of hydroxylamine groups is 2. The zero-order valence-electron chi connectivity index (χ0n) is 13.6. The van der Waals surface area contributed by atoms with Crippen molar-refractivity contribution in [3.63, 3.8) is 0 Å². The van der Waals surface area contributed by atoms with Crippen LogP contribution in [-0.2, 0) is 25.8 Å². The first-order chi connectivity index (χ1) is 11.6. The molecule has 2 heterocycles. The Labute approximate surface area is 140 Å². The zero-order chi connectivity index (χ0) is 17.2. The molecule has 2 saturated heterocycles. The maximum atomic E-state index is 12.4. The summed E-state index contributed by atoms with van der Waals surface area (Å²) in [6, 6.07) is 9.45. The maximum absolute atomic E-state index is 12.4. The Morgan fingerprint density at radius 1 is 1.17 bits per heavy atom. The fourth-order valence-electron chi connectivity index (χ4n) is 3.27. The molecular weight excluding hydrogens is 312 g/mol. The Bertz CT molecular complexity index is 638. The van der Waals surface area contributed by atoms with Crippen molar-refractivity contribution in [3.8, 4) is 0 Å². The van der Waals surface area contributed by atoms with Gasteiger partial charge in [-0.25, -0.2) is 4.79 Å². The summed E-state index contributed by atoms with van der Waals surface area (Å²) in [5.41, 5.74) is 0.190. The molecule has 3 amide bonds. The molecule has 0 N–H and O–H groups in total. The van der Waals surface area contributed by atoms with E-state index in [0.29, 0.717) is 25.9 Å². The quantitative estimate of drug-likeness (QED) is 0.788. The van der Waals surface area contributed by atoms with Crippen LogP contribution in [0.25, 0.3) is 0 Å². The number of imide groups is 1. The predicted octanol–water partition coefficient (Wildman–Crippen LogP) is 1.73. The molecular formula is C17H20N2O5. The van der Waals surface area contributed by atoms with E-state index in [1.807, 2.05) is 30.3 Å². The molecule has 128 valence electrons. The van der Waals surface area contributed by atoms with Gasteiger partial charge in [-0.3, -0.25) is 14.4 Å². The number of hydrogen-bond donors (Lipinski definition) is 0. The third-order valence-electron chi connectivity index (χ3n) is 4.72. The lowest BCUT2D eigenvalue weighted by molar-refractivity contribution is -0.183. The molecule has 0 aliphatic carbocycles. The van der Waals surface area contributed by atoms with Crippen molar-refractivity contribution >= 4 is 17.9 Å². The smallest absolute Gasteiger partial charge is 0.410 e. The number of hydrogen-bond acceptors (Lipinski definition) is 5. The number of ether oxygens (including phenoxy) is 1. The van der Waals surface area contributed by atoms with Gasteiger partial charge < -0.3 is 9.64 Å². The summed E-state index contributed by atoms with van der Waals surface area (Å²) in [4.78, 5) is 42.8. The predicted molar refractivity (Wildman–Crippen MR) is 83.3 cm³/mol. The number of nitrogens with zero attached hydrogens (tertiary/aromatic N) is 2. The van der Waals surface area contributed by atoms with Crippen LogP contribution in [0.2, 0.25) is 0 Å². The van der Waals surface area contributed by atoms with Gasteiger partial charge in [-0.15, -0.1) is 0 Å². The second kappa shape index (κ2) is 6.60. The van der Waals surface area contributed by atoms with Gasteiger partial charge in [-0.05, 0) is 18.4 Å². The molecule has 0 aromatic heterocycles. The second-order valence-electron chi connectivity index (χ2n) is 6.16. The van der Waals surface area contributed by atoms with Crippen molar-refractivity contribution in [1.29, 1.82) is 0 Å². The molecule has 0 unspecified atom stereocenters. The lowest BCUT2D eigenvalue weighted by Gasteiger charge is -2.36. The molecule has 0 bridgehead atoms. The van der Waals surface area contributed by atoms with Gasteiger partial charge in [0.25, 0.3) is 11.8 Å². The molecule has 3 rings (SSSR count). The molecule has 24 heavy (non-hydrogen) atoms. The maximum Gasteiger partial charge on any atom is 0.410 e. The minimum Gasteiger partial charge on any atom is -0.445 e. The topological polar surface area (TPSA) is 76.2 Å². The molecule has 2 fully saturated rings. The van der Waals surface area contributed by atoms with E-state index >= 15 is 0 Å². The number of piperidine rings is 1. The summed E-state index contributed by atoms with van der Waals surface area (Å²) in [6.07, 6.45) is 0.636. The van der Waals surface area contributed by atoms with Crippen molar-refractivity contribution in [2.75, 3.05) is 20.2 Å². The van der Waals surface area contributed by atoms with Gasteiger partial charge in [0.2, 0.25) is 0 Å². The van der Waals surface area contributed by atoms with E-state index in [2.05, 4.69) is 0 Å². The average Bonchev–Trinajstić information content (AvgIpc) is 2.84. The summed E-state index contributed by atoms with van der Waals surface area (Å²) < 4.78 is 5.31. The highest BCUT2D eigenvalue weighted by molar-refractivity contribution is 6.04. The summed E-state index contributed by atoms with van der Waals surface area (Å²) >= 11 is 0. The van der Waals surface area contributed by atoms with E-state index in [4.69, 9.17) is 9.57 Å². The van der Waals surface area contributed by atoms with Crippen LogP contribution in [-0.4, -0.2) is 48.1 Å². The number of carbonyl (C=O) groups is 3. The van der Waals surface area contributed by atoms with Crippen LogP contribution in [0.3, 0.4) is 0 Å². The van der Waals surface area contributed by atoms with Crippen LogP contribution >= 0.6 is 0 Å². The monoisotopic (exact) mass is 332 g/mol. The Hall–Kier alpha value is -2.41. The fraction of sp³-hybridized carbons (Fsp3) is 0.471. The van der Waals surface area contributed by atoms with Crippen molar-refractivity contribution in [3.05, 3.63) is 35.9 Å². The highest BCUT2D eigenvalue weighted by Crippen LogP contribution is 2.42. The molecule has 1 aromatic carbocycles. The van der Waals surface area contributed by atoms with Gasteiger partial charge in [-0.1, -0.05) is 30.3 Å². The SMILES string of the molecule is CON1C(=O)CC2(CCN(C(=O)OCc3ccccc3)CC2)C1=O. The van der Waals surface area contributed by atoms with E-state index in [9.17, 15) is 14.4 Å². The summed E-state index contributed by atoms with van der Waals surface area (Å²) in [5, 5.41) is 0.837. The number of rotatable bonds is 3. The Balaban J connectivity index is 1.54. The van der Waals surface area contributed by atoms with Crippen LogP contribution in [0, 0.1) is 5.41 Å². The van der Waals surface area contributed by atoms with Gasteiger partial charge >= 0.3 is 6.09 Å². The lowest BCUT2D eigenvalue weighted by atomic mass is 9.77.